The number of para-hydroxylation sites is 1. The molecular weight excluding hydrogens is 378 g/mol. The molecule has 146 valence electrons. The lowest BCUT2D eigenvalue weighted by Gasteiger charge is -2.08. The highest BCUT2D eigenvalue weighted by atomic mass is 32.1. The van der Waals surface area contributed by atoms with Crippen LogP contribution < -0.4 is 10.9 Å². The third kappa shape index (κ3) is 4.28. The van der Waals surface area contributed by atoms with Gasteiger partial charge in [-0.25, -0.2) is 9.78 Å². The molecule has 3 aromatic rings. The minimum Gasteiger partial charge on any atom is -0.462 e. The number of nitrogens with zero attached hydrogens (tertiary/aromatic N) is 2. The van der Waals surface area contributed by atoms with Crippen molar-refractivity contribution in [3.05, 3.63) is 57.5 Å². The van der Waals surface area contributed by atoms with Crippen molar-refractivity contribution >= 4 is 39.1 Å². The third-order valence-electron chi connectivity index (χ3n) is 4.19. The Kier molecular flexibility index (Phi) is 6.20. The van der Waals surface area contributed by atoms with Crippen LogP contribution in [0.5, 0.6) is 0 Å². The first kappa shape index (κ1) is 19.8. The Hall–Kier alpha value is -3.00. The molecule has 2 aromatic heterocycles. The molecule has 1 N–H and O–H groups in total. The number of aryl methyl sites for hydroxylation is 2. The number of ether oxygens (including phenoxy) is 1. The zero-order valence-electron chi connectivity index (χ0n) is 15.7. The van der Waals surface area contributed by atoms with Crippen molar-refractivity contribution in [1.82, 2.24) is 9.55 Å². The van der Waals surface area contributed by atoms with Gasteiger partial charge in [0.2, 0.25) is 5.91 Å². The van der Waals surface area contributed by atoms with E-state index in [1.807, 2.05) is 13.0 Å². The van der Waals surface area contributed by atoms with Crippen molar-refractivity contribution in [1.29, 1.82) is 0 Å². The summed E-state index contributed by atoms with van der Waals surface area (Å²) in [5.74, 6) is -0.737. The zero-order valence-corrected chi connectivity index (χ0v) is 16.5. The van der Waals surface area contributed by atoms with Gasteiger partial charge in [0.15, 0.2) is 0 Å². The average Bonchev–Trinajstić information content (AvgIpc) is 3.11. The van der Waals surface area contributed by atoms with Crippen LogP contribution in [0, 0.1) is 0 Å². The average molecular weight is 399 g/mol. The van der Waals surface area contributed by atoms with Gasteiger partial charge in [-0.2, -0.15) is 0 Å². The van der Waals surface area contributed by atoms with Gasteiger partial charge in [-0.1, -0.05) is 19.1 Å². The number of fused-ring (bicyclic) bond motifs is 1. The lowest BCUT2D eigenvalue weighted by molar-refractivity contribution is -0.116. The summed E-state index contributed by atoms with van der Waals surface area (Å²) in [6.45, 7) is 4.18. The fourth-order valence-corrected chi connectivity index (χ4v) is 3.75. The largest absolute Gasteiger partial charge is 0.462 e. The number of amides is 1. The number of benzene rings is 1. The van der Waals surface area contributed by atoms with E-state index in [0.717, 1.165) is 11.3 Å². The second-order valence-corrected chi connectivity index (χ2v) is 7.22. The van der Waals surface area contributed by atoms with Gasteiger partial charge < -0.3 is 10.1 Å². The summed E-state index contributed by atoms with van der Waals surface area (Å²) in [7, 11) is 0. The molecule has 0 unspecified atom stereocenters. The second kappa shape index (κ2) is 8.79. The number of aromatic nitrogens is 2. The number of carbonyl (C=O) groups excluding carboxylic acids is 2. The van der Waals surface area contributed by atoms with Gasteiger partial charge in [0, 0.05) is 17.8 Å². The van der Waals surface area contributed by atoms with Gasteiger partial charge in [-0.3, -0.25) is 14.2 Å². The van der Waals surface area contributed by atoms with Crippen LogP contribution in [-0.4, -0.2) is 28.0 Å². The molecule has 0 aliphatic rings. The standard InChI is InChI=1S/C20H21N3O4S/c1-3-13-11-15(20(26)27-4-2)18(28-13)22-17(24)9-10-23-12-21-16-8-6-5-7-14(16)19(23)25/h5-8,11-12H,3-4,9-10H2,1-2H3,(H,22,24). The highest BCUT2D eigenvalue weighted by molar-refractivity contribution is 7.16. The molecule has 28 heavy (non-hydrogen) atoms. The lowest BCUT2D eigenvalue weighted by Crippen LogP contribution is -2.23. The lowest BCUT2D eigenvalue weighted by atomic mass is 10.2. The first-order valence-electron chi connectivity index (χ1n) is 9.07. The molecule has 0 aliphatic carbocycles. The molecule has 8 heteroatoms. The Bertz CT molecular complexity index is 1070. The molecule has 3 rings (SSSR count). The van der Waals surface area contributed by atoms with Crippen molar-refractivity contribution in [2.45, 2.75) is 33.2 Å². The third-order valence-corrected chi connectivity index (χ3v) is 5.39. The van der Waals surface area contributed by atoms with Crippen LogP contribution in [0.15, 0.2) is 41.5 Å². The predicted molar refractivity (Wildman–Crippen MR) is 109 cm³/mol. The minimum atomic E-state index is -0.455. The highest BCUT2D eigenvalue weighted by Crippen LogP contribution is 2.29. The van der Waals surface area contributed by atoms with E-state index in [0.29, 0.717) is 21.5 Å². The Morgan fingerprint density at radius 1 is 1.25 bits per heavy atom. The van der Waals surface area contributed by atoms with Crippen molar-refractivity contribution in [2.75, 3.05) is 11.9 Å². The molecular formula is C20H21N3O4S. The Labute approximate surface area is 166 Å². The summed E-state index contributed by atoms with van der Waals surface area (Å²) >= 11 is 1.36. The number of thiophene rings is 1. The molecule has 1 amide bonds. The molecule has 0 saturated carbocycles. The first-order chi connectivity index (χ1) is 13.5. The van der Waals surface area contributed by atoms with E-state index in [1.165, 1.54) is 22.2 Å². The summed E-state index contributed by atoms with van der Waals surface area (Å²) in [5, 5.41) is 3.77. The van der Waals surface area contributed by atoms with E-state index in [1.54, 1.807) is 31.2 Å². The Morgan fingerprint density at radius 3 is 2.79 bits per heavy atom. The van der Waals surface area contributed by atoms with Gasteiger partial charge >= 0.3 is 5.97 Å². The Balaban J connectivity index is 1.71. The van der Waals surface area contributed by atoms with Crippen LogP contribution >= 0.6 is 11.3 Å². The van der Waals surface area contributed by atoms with Crippen molar-refractivity contribution in [3.63, 3.8) is 0 Å². The summed E-state index contributed by atoms with van der Waals surface area (Å²) in [6.07, 6.45) is 2.29. The fraction of sp³-hybridized carbons (Fsp3) is 0.300. The molecule has 0 atom stereocenters. The second-order valence-electron chi connectivity index (χ2n) is 6.09. The van der Waals surface area contributed by atoms with Crippen LogP contribution in [0.3, 0.4) is 0 Å². The number of esters is 1. The number of anilines is 1. The summed E-state index contributed by atoms with van der Waals surface area (Å²) in [4.78, 5) is 42.2. The number of rotatable bonds is 7. The number of hydrogen-bond acceptors (Lipinski definition) is 6. The van der Waals surface area contributed by atoms with Crippen molar-refractivity contribution < 1.29 is 14.3 Å². The molecule has 0 radical (unpaired) electrons. The molecule has 0 bridgehead atoms. The topological polar surface area (TPSA) is 90.3 Å². The highest BCUT2D eigenvalue weighted by Gasteiger charge is 2.18. The quantitative estimate of drug-likeness (QED) is 0.616. The van der Waals surface area contributed by atoms with Gasteiger partial charge in [0.1, 0.15) is 5.00 Å². The van der Waals surface area contributed by atoms with E-state index in [9.17, 15) is 14.4 Å². The molecule has 0 fully saturated rings. The van der Waals surface area contributed by atoms with Crippen LogP contribution in [0.4, 0.5) is 5.00 Å². The molecule has 0 saturated heterocycles. The predicted octanol–water partition coefficient (Wildman–Crippen LogP) is 3.23. The maximum absolute atomic E-state index is 12.5. The molecule has 1 aromatic carbocycles. The number of nitrogens with one attached hydrogen (secondary N) is 1. The van der Waals surface area contributed by atoms with Crippen LogP contribution in [0.1, 0.15) is 35.5 Å². The van der Waals surface area contributed by atoms with Gasteiger partial charge in [-0.15, -0.1) is 11.3 Å². The van der Waals surface area contributed by atoms with Gasteiger partial charge in [-0.05, 0) is 31.5 Å². The summed E-state index contributed by atoms with van der Waals surface area (Å²) in [5.41, 5.74) is 0.801. The van der Waals surface area contributed by atoms with E-state index >= 15 is 0 Å². The molecule has 0 spiro atoms. The van der Waals surface area contributed by atoms with Crippen molar-refractivity contribution in [2.24, 2.45) is 0 Å². The van der Waals surface area contributed by atoms with Crippen LogP contribution in [0.25, 0.3) is 10.9 Å². The van der Waals surface area contributed by atoms with Gasteiger partial charge in [0.05, 0.1) is 29.4 Å². The SMILES string of the molecule is CCOC(=O)c1cc(CC)sc1NC(=O)CCn1cnc2ccccc2c1=O. The first-order valence-corrected chi connectivity index (χ1v) is 9.89. The van der Waals surface area contributed by atoms with E-state index in [-0.39, 0.29) is 31.0 Å². The summed E-state index contributed by atoms with van der Waals surface area (Å²) < 4.78 is 6.47. The monoisotopic (exact) mass is 399 g/mol. The maximum Gasteiger partial charge on any atom is 0.341 e. The van der Waals surface area contributed by atoms with E-state index in [2.05, 4.69) is 10.3 Å². The van der Waals surface area contributed by atoms with Crippen LogP contribution in [0.2, 0.25) is 0 Å². The smallest absolute Gasteiger partial charge is 0.341 e. The van der Waals surface area contributed by atoms with Crippen LogP contribution in [-0.2, 0) is 22.5 Å². The minimum absolute atomic E-state index is 0.0849. The van der Waals surface area contributed by atoms with E-state index in [4.69, 9.17) is 4.74 Å². The zero-order chi connectivity index (χ0) is 20.1. The molecule has 7 nitrogen and oxygen atoms in total. The number of hydrogen-bond donors (Lipinski definition) is 1. The Morgan fingerprint density at radius 2 is 2.04 bits per heavy atom. The van der Waals surface area contributed by atoms with E-state index < -0.39 is 5.97 Å². The fourth-order valence-electron chi connectivity index (χ4n) is 2.75. The molecule has 2 heterocycles. The molecule has 0 aliphatic heterocycles. The maximum atomic E-state index is 12.5. The normalized spacial score (nSPS) is 10.8. The van der Waals surface area contributed by atoms with Crippen molar-refractivity contribution in [3.8, 4) is 0 Å². The number of carbonyl (C=O) groups is 2. The van der Waals surface area contributed by atoms with Gasteiger partial charge in [0.25, 0.3) is 5.56 Å². The summed E-state index contributed by atoms with van der Waals surface area (Å²) in [6, 6.07) is 8.83.